The second-order valence-electron chi connectivity index (χ2n) is 6.29. The molecule has 0 saturated carbocycles. The van der Waals surface area contributed by atoms with E-state index in [1.807, 2.05) is 0 Å². The molecule has 5 nitrogen and oxygen atoms in total. The highest BCUT2D eigenvalue weighted by molar-refractivity contribution is 7.09. The topological polar surface area (TPSA) is 74.2 Å². The number of rotatable bonds is 4. The van der Waals surface area contributed by atoms with Crippen LogP contribution in [0.5, 0.6) is 0 Å². The van der Waals surface area contributed by atoms with Gasteiger partial charge in [0.15, 0.2) is 0 Å². The number of carbonyl (C=O) groups is 1. The van der Waals surface area contributed by atoms with Crippen molar-refractivity contribution < 1.29 is 9.90 Å². The lowest BCUT2D eigenvalue weighted by Gasteiger charge is -2.13. The summed E-state index contributed by atoms with van der Waals surface area (Å²) in [5, 5.41) is 18.5. The maximum atomic E-state index is 11.8. The summed E-state index contributed by atoms with van der Waals surface area (Å²) in [5.41, 5.74) is 1.11. The van der Waals surface area contributed by atoms with E-state index < -0.39 is 6.10 Å². The third-order valence-electron chi connectivity index (χ3n) is 3.30. The zero-order valence-corrected chi connectivity index (χ0v) is 13.1. The number of nitrogens with one attached hydrogen (secondary N) is 2. The second-order valence-corrected chi connectivity index (χ2v) is 7.14. The summed E-state index contributed by atoms with van der Waals surface area (Å²) in [6.45, 7) is 7.52. The smallest absolute Gasteiger partial charge is 0.237 e. The molecule has 0 unspecified atom stereocenters. The normalized spacial score (nSPS) is 23.0. The number of amides is 1. The number of aromatic nitrogens is 1. The number of nitrogens with zero attached hydrogens (tertiary/aromatic N) is 1. The Kier molecular flexibility index (Phi) is 4.78. The van der Waals surface area contributed by atoms with Crippen LogP contribution in [0.15, 0.2) is 5.38 Å². The zero-order valence-electron chi connectivity index (χ0n) is 12.3. The minimum Gasteiger partial charge on any atom is -0.392 e. The Morgan fingerprint density at radius 3 is 2.90 bits per heavy atom. The van der Waals surface area contributed by atoms with Gasteiger partial charge in [0.05, 0.1) is 22.8 Å². The van der Waals surface area contributed by atoms with Crippen LogP contribution in [0.3, 0.4) is 0 Å². The van der Waals surface area contributed by atoms with Crippen molar-refractivity contribution in [1.29, 1.82) is 0 Å². The van der Waals surface area contributed by atoms with Gasteiger partial charge in [0.1, 0.15) is 0 Å². The van der Waals surface area contributed by atoms with Crippen LogP contribution >= 0.6 is 11.3 Å². The molecule has 112 valence electrons. The van der Waals surface area contributed by atoms with E-state index in [0.717, 1.165) is 17.1 Å². The van der Waals surface area contributed by atoms with Gasteiger partial charge in [0.25, 0.3) is 0 Å². The monoisotopic (exact) mass is 297 g/mol. The average Bonchev–Trinajstić information content (AvgIpc) is 2.97. The van der Waals surface area contributed by atoms with Crippen LogP contribution in [-0.4, -0.2) is 41.2 Å². The van der Waals surface area contributed by atoms with Gasteiger partial charge in [-0.1, -0.05) is 20.8 Å². The first-order valence-electron chi connectivity index (χ1n) is 7.00. The molecule has 0 spiro atoms. The average molecular weight is 297 g/mol. The fourth-order valence-corrected chi connectivity index (χ4v) is 3.06. The number of aliphatic hydroxyl groups is 1. The van der Waals surface area contributed by atoms with Crippen LogP contribution in [0.1, 0.15) is 37.9 Å². The largest absolute Gasteiger partial charge is 0.392 e. The van der Waals surface area contributed by atoms with Crippen molar-refractivity contribution in [3.05, 3.63) is 16.1 Å². The Labute approximate surface area is 123 Å². The second kappa shape index (κ2) is 6.20. The fraction of sp³-hybridized carbons (Fsp3) is 0.714. The Morgan fingerprint density at radius 2 is 2.35 bits per heavy atom. The van der Waals surface area contributed by atoms with Gasteiger partial charge in [0, 0.05) is 30.3 Å². The summed E-state index contributed by atoms with van der Waals surface area (Å²) >= 11 is 1.67. The molecule has 0 bridgehead atoms. The van der Waals surface area contributed by atoms with Gasteiger partial charge in [-0.05, 0) is 6.42 Å². The molecular weight excluding hydrogens is 274 g/mol. The minimum atomic E-state index is -0.404. The van der Waals surface area contributed by atoms with E-state index in [1.54, 1.807) is 11.3 Å². The fourth-order valence-electron chi connectivity index (χ4n) is 2.12. The summed E-state index contributed by atoms with van der Waals surface area (Å²) in [5.74, 6) is -0.0344. The molecule has 1 aromatic heterocycles. The minimum absolute atomic E-state index is 0.0344. The molecule has 20 heavy (non-hydrogen) atoms. The van der Waals surface area contributed by atoms with Gasteiger partial charge in [-0.2, -0.15) is 0 Å². The van der Waals surface area contributed by atoms with Crippen molar-refractivity contribution in [3.63, 3.8) is 0 Å². The van der Waals surface area contributed by atoms with Crippen LogP contribution in [0.2, 0.25) is 0 Å². The van der Waals surface area contributed by atoms with Crippen molar-refractivity contribution in [1.82, 2.24) is 15.6 Å². The van der Waals surface area contributed by atoms with Crippen molar-refractivity contribution in [2.75, 3.05) is 13.1 Å². The molecule has 1 amide bonds. The quantitative estimate of drug-likeness (QED) is 0.769. The molecule has 0 aromatic carbocycles. The van der Waals surface area contributed by atoms with E-state index in [1.165, 1.54) is 0 Å². The highest BCUT2D eigenvalue weighted by atomic mass is 32.1. The SMILES string of the molecule is CC(C)(C)c1nc(CCNC(=O)[C@H]2C[C@@H](O)CN2)cs1. The molecule has 6 heteroatoms. The van der Waals surface area contributed by atoms with Crippen LogP contribution in [0.25, 0.3) is 0 Å². The molecule has 1 aliphatic rings. The van der Waals surface area contributed by atoms with E-state index in [9.17, 15) is 9.90 Å². The molecule has 1 saturated heterocycles. The molecule has 2 rings (SSSR count). The maximum Gasteiger partial charge on any atom is 0.237 e. The Bertz CT molecular complexity index is 467. The number of carbonyl (C=O) groups excluding carboxylic acids is 1. The van der Waals surface area contributed by atoms with Gasteiger partial charge in [-0.3, -0.25) is 4.79 Å². The van der Waals surface area contributed by atoms with E-state index >= 15 is 0 Å². The van der Waals surface area contributed by atoms with E-state index in [2.05, 4.69) is 41.8 Å². The van der Waals surface area contributed by atoms with Crippen molar-refractivity contribution in [2.45, 2.75) is 51.2 Å². The predicted molar refractivity (Wildman–Crippen MR) is 79.9 cm³/mol. The third-order valence-corrected chi connectivity index (χ3v) is 4.61. The highest BCUT2D eigenvalue weighted by Gasteiger charge is 2.27. The van der Waals surface area contributed by atoms with Gasteiger partial charge in [-0.25, -0.2) is 4.98 Å². The van der Waals surface area contributed by atoms with Crippen molar-refractivity contribution in [2.24, 2.45) is 0 Å². The number of hydrogen-bond donors (Lipinski definition) is 3. The molecule has 0 radical (unpaired) electrons. The summed E-state index contributed by atoms with van der Waals surface area (Å²) < 4.78 is 0. The molecular formula is C14H23N3O2S. The van der Waals surface area contributed by atoms with Crippen LogP contribution in [0.4, 0.5) is 0 Å². The molecule has 0 aliphatic carbocycles. The van der Waals surface area contributed by atoms with Crippen LogP contribution < -0.4 is 10.6 Å². The Hall–Kier alpha value is -0.980. The molecule has 2 atom stereocenters. The lowest BCUT2D eigenvalue weighted by atomic mass is 9.98. The van der Waals surface area contributed by atoms with E-state index in [-0.39, 0.29) is 17.4 Å². The first-order chi connectivity index (χ1) is 9.36. The molecule has 1 aromatic rings. The molecule has 3 N–H and O–H groups in total. The molecule has 2 heterocycles. The summed E-state index contributed by atoms with van der Waals surface area (Å²) in [7, 11) is 0. The van der Waals surface area contributed by atoms with Crippen molar-refractivity contribution in [3.8, 4) is 0 Å². The van der Waals surface area contributed by atoms with E-state index in [0.29, 0.717) is 19.5 Å². The van der Waals surface area contributed by atoms with Crippen LogP contribution in [0, 0.1) is 0 Å². The molecule has 1 fully saturated rings. The van der Waals surface area contributed by atoms with Gasteiger partial charge >= 0.3 is 0 Å². The van der Waals surface area contributed by atoms with Gasteiger partial charge in [-0.15, -0.1) is 11.3 Å². The summed E-state index contributed by atoms with van der Waals surface area (Å²) in [6, 6.07) is -0.259. The lowest BCUT2D eigenvalue weighted by molar-refractivity contribution is -0.122. The maximum absolute atomic E-state index is 11.8. The highest BCUT2D eigenvalue weighted by Crippen LogP contribution is 2.25. The number of β-amino-alcohol motifs (C(OH)–C–C–N with tert-alkyl or cyclic N) is 1. The number of thiazole rings is 1. The number of aliphatic hydroxyl groups excluding tert-OH is 1. The van der Waals surface area contributed by atoms with Crippen LogP contribution in [-0.2, 0) is 16.6 Å². The Morgan fingerprint density at radius 1 is 1.60 bits per heavy atom. The summed E-state index contributed by atoms with van der Waals surface area (Å²) in [4.78, 5) is 16.4. The summed E-state index contributed by atoms with van der Waals surface area (Å²) in [6.07, 6.45) is 0.836. The first-order valence-corrected chi connectivity index (χ1v) is 7.88. The van der Waals surface area contributed by atoms with E-state index in [4.69, 9.17) is 0 Å². The predicted octanol–water partition coefficient (Wildman–Crippen LogP) is 0.822. The molecule has 1 aliphatic heterocycles. The van der Waals surface area contributed by atoms with Gasteiger partial charge in [0.2, 0.25) is 5.91 Å². The van der Waals surface area contributed by atoms with Crippen molar-refractivity contribution >= 4 is 17.2 Å². The third kappa shape index (κ3) is 4.01. The lowest BCUT2D eigenvalue weighted by Crippen LogP contribution is -2.41. The zero-order chi connectivity index (χ0) is 14.8. The number of hydrogen-bond acceptors (Lipinski definition) is 5. The Balaban J connectivity index is 1.76. The van der Waals surface area contributed by atoms with Gasteiger partial charge < -0.3 is 15.7 Å². The first kappa shape index (κ1) is 15.4. The standard InChI is InChI=1S/C14H23N3O2S/c1-14(2,3)13-17-9(8-20-13)4-5-15-12(19)11-6-10(18)7-16-11/h8,10-11,16,18H,4-7H2,1-3H3,(H,15,19)/t10-,11-/m1/s1.